The Balaban J connectivity index is 1.43. The molecule has 0 amide bonds. The summed E-state index contributed by atoms with van der Waals surface area (Å²) in [4.78, 5) is 11.8. The highest BCUT2D eigenvalue weighted by molar-refractivity contribution is 5.96. The number of hydrogen-bond donors (Lipinski definition) is 0. The number of carbonyl (C=O) groups is 1. The molecule has 0 aliphatic heterocycles. The maximum Gasteiger partial charge on any atom is 0.343 e. The van der Waals surface area contributed by atoms with Crippen LogP contribution in [0.1, 0.15) is 99.4 Å². The molecule has 32 heavy (non-hydrogen) atoms. The van der Waals surface area contributed by atoms with Crippen molar-refractivity contribution < 1.29 is 18.3 Å². The molecule has 2 fully saturated rings. The molecule has 4 rings (SSSR count). The van der Waals surface area contributed by atoms with E-state index in [2.05, 4.69) is 11.7 Å². The van der Waals surface area contributed by atoms with Gasteiger partial charge < -0.3 is 4.74 Å². The molecule has 2 nitrogen and oxygen atoms in total. The van der Waals surface area contributed by atoms with Gasteiger partial charge >= 0.3 is 5.97 Å². The zero-order chi connectivity index (χ0) is 22.7. The van der Waals surface area contributed by atoms with Gasteiger partial charge in [-0.05, 0) is 72.8 Å². The lowest BCUT2D eigenvalue weighted by Crippen LogP contribution is -2.30. The lowest BCUT2D eigenvalue weighted by atomic mass is 9.63. The third-order valence-electron chi connectivity index (χ3n) is 8.10. The molecule has 174 valence electrons. The number of rotatable bonds is 7. The molecular weight excluding hydrogens is 406 g/mol. The summed E-state index contributed by atoms with van der Waals surface area (Å²) < 4.78 is 33.8. The molecule has 0 aromatic heterocycles. The minimum absolute atomic E-state index is 0.271. The van der Waals surface area contributed by atoms with Crippen LogP contribution in [0.3, 0.4) is 0 Å². The van der Waals surface area contributed by atoms with Crippen LogP contribution in [-0.2, 0) is 4.74 Å². The summed E-state index contributed by atoms with van der Waals surface area (Å²) in [6, 6.07) is 6.86. The van der Waals surface area contributed by atoms with Crippen molar-refractivity contribution in [1.82, 2.24) is 0 Å². The van der Waals surface area contributed by atoms with Gasteiger partial charge in [0.15, 0.2) is 0 Å². The van der Waals surface area contributed by atoms with Gasteiger partial charge in [0.2, 0.25) is 0 Å². The quantitative estimate of drug-likeness (QED) is 0.319. The van der Waals surface area contributed by atoms with Crippen LogP contribution in [-0.4, -0.2) is 13.1 Å². The van der Waals surface area contributed by atoms with Crippen molar-refractivity contribution in [1.29, 1.82) is 0 Å². The maximum atomic E-state index is 14.8. The van der Waals surface area contributed by atoms with E-state index >= 15 is 0 Å². The number of unbranched alkanes of at least 4 members (excludes halogenated alkanes) is 3. The lowest BCUT2D eigenvalue weighted by molar-refractivity contribution is 0.0590. The Bertz CT molecular complexity index is 954. The largest absolute Gasteiger partial charge is 0.465 e. The van der Waals surface area contributed by atoms with Crippen LogP contribution in [0.5, 0.6) is 0 Å². The molecule has 4 heteroatoms. The number of carbonyl (C=O) groups excluding carboxylic acids is 1. The smallest absolute Gasteiger partial charge is 0.343 e. The predicted octanol–water partition coefficient (Wildman–Crippen LogP) is 8.18. The Kier molecular flexibility index (Phi) is 7.48. The van der Waals surface area contributed by atoms with Gasteiger partial charge in [0, 0.05) is 5.39 Å². The monoisotopic (exact) mass is 442 g/mol. The Morgan fingerprint density at radius 2 is 1.78 bits per heavy atom. The number of halogens is 2. The number of methoxy groups -OCH3 is 1. The van der Waals surface area contributed by atoms with E-state index in [-0.39, 0.29) is 5.39 Å². The fraction of sp³-hybridized carbons (Fsp3) is 0.607. The first-order valence-corrected chi connectivity index (χ1v) is 12.5. The molecule has 0 saturated heterocycles. The van der Waals surface area contributed by atoms with E-state index in [0.717, 1.165) is 31.3 Å². The fourth-order valence-corrected chi connectivity index (χ4v) is 6.30. The predicted molar refractivity (Wildman–Crippen MR) is 125 cm³/mol. The highest BCUT2D eigenvalue weighted by atomic mass is 19.1. The number of fused-ring (bicyclic) bond motifs is 2. The van der Waals surface area contributed by atoms with E-state index in [1.165, 1.54) is 75.8 Å². The van der Waals surface area contributed by atoms with Crippen molar-refractivity contribution in [2.24, 2.45) is 17.8 Å². The average molecular weight is 443 g/mol. The Morgan fingerprint density at radius 3 is 2.56 bits per heavy atom. The minimum atomic E-state index is -0.981. The topological polar surface area (TPSA) is 26.3 Å². The van der Waals surface area contributed by atoms with Crippen LogP contribution >= 0.6 is 0 Å². The number of hydrogen-bond acceptors (Lipinski definition) is 2. The van der Waals surface area contributed by atoms with E-state index in [4.69, 9.17) is 0 Å². The second kappa shape index (κ2) is 10.3. The molecule has 4 atom stereocenters. The van der Waals surface area contributed by atoms with Gasteiger partial charge in [-0.2, -0.15) is 0 Å². The van der Waals surface area contributed by atoms with E-state index in [1.807, 2.05) is 12.1 Å². The first-order valence-electron chi connectivity index (χ1n) is 12.5. The van der Waals surface area contributed by atoms with Crippen molar-refractivity contribution in [2.45, 2.75) is 83.5 Å². The average Bonchev–Trinajstić information content (AvgIpc) is 2.81. The molecule has 0 bridgehead atoms. The van der Waals surface area contributed by atoms with Gasteiger partial charge in [0.25, 0.3) is 0 Å². The molecule has 2 unspecified atom stereocenters. The van der Waals surface area contributed by atoms with Crippen LogP contribution in [0.25, 0.3) is 10.8 Å². The fourth-order valence-electron chi connectivity index (χ4n) is 6.30. The van der Waals surface area contributed by atoms with Gasteiger partial charge in [-0.1, -0.05) is 63.6 Å². The van der Waals surface area contributed by atoms with Crippen LogP contribution in [0.4, 0.5) is 8.78 Å². The number of benzene rings is 2. The minimum Gasteiger partial charge on any atom is -0.465 e. The maximum absolute atomic E-state index is 14.8. The van der Waals surface area contributed by atoms with Crippen molar-refractivity contribution in [3.63, 3.8) is 0 Å². The summed E-state index contributed by atoms with van der Waals surface area (Å²) in [6.45, 7) is 2.27. The second-order valence-corrected chi connectivity index (χ2v) is 10.1. The van der Waals surface area contributed by atoms with Gasteiger partial charge in [-0.25, -0.2) is 13.6 Å². The Labute approximate surface area is 190 Å². The second-order valence-electron chi connectivity index (χ2n) is 10.1. The zero-order valence-corrected chi connectivity index (χ0v) is 19.5. The molecule has 2 saturated carbocycles. The van der Waals surface area contributed by atoms with Gasteiger partial charge in [0.05, 0.1) is 7.11 Å². The Hall–Kier alpha value is -1.97. The van der Waals surface area contributed by atoms with E-state index in [0.29, 0.717) is 11.3 Å². The first kappa shape index (κ1) is 23.2. The highest BCUT2D eigenvalue weighted by Gasteiger charge is 2.36. The van der Waals surface area contributed by atoms with Crippen LogP contribution in [0.2, 0.25) is 0 Å². The summed E-state index contributed by atoms with van der Waals surface area (Å²) in [5, 5.41) is 0.788. The molecule has 0 heterocycles. The van der Waals surface area contributed by atoms with E-state index < -0.39 is 23.2 Å². The summed E-state index contributed by atoms with van der Waals surface area (Å²) in [6.07, 6.45) is 14.5. The van der Waals surface area contributed by atoms with Crippen LogP contribution in [0, 0.1) is 29.4 Å². The molecule has 2 aliphatic carbocycles. The van der Waals surface area contributed by atoms with Crippen molar-refractivity contribution in [2.75, 3.05) is 7.11 Å². The molecule has 0 N–H and O–H groups in total. The lowest BCUT2D eigenvalue weighted by Gasteiger charge is -2.42. The van der Waals surface area contributed by atoms with Crippen LogP contribution in [0.15, 0.2) is 24.3 Å². The third kappa shape index (κ3) is 4.84. The van der Waals surface area contributed by atoms with E-state index in [1.54, 1.807) is 6.07 Å². The van der Waals surface area contributed by atoms with Gasteiger partial charge in [-0.15, -0.1) is 0 Å². The highest BCUT2D eigenvalue weighted by Crippen LogP contribution is 2.48. The van der Waals surface area contributed by atoms with Crippen LogP contribution < -0.4 is 0 Å². The van der Waals surface area contributed by atoms with Gasteiger partial charge in [-0.3, -0.25) is 0 Å². The normalized spacial score (nSPS) is 25.5. The number of ether oxygens (including phenoxy) is 1. The number of esters is 1. The summed E-state index contributed by atoms with van der Waals surface area (Å²) in [5.41, 5.74) is 0.557. The standard InChI is InChI=1S/C28H36F2O2/c1-3-4-5-6-7-18-8-9-20-15-21(11-10-19(20)14-18)22-12-13-24-23(16-22)17-25(29)26(27(24)30)28(31)32-2/h12-13,16-21H,3-11,14-15H2,1-2H3/t18?,19-,20+,21?/m0/s1. The molecule has 0 radical (unpaired) electrons. The molecule has 0 spiro atoms. The third-order valence-corrected chi connectivity index (χ3v) is 8.10. The zero-order valence-electron chi connectivity index (χ0n) is 19.5. The molecular formula is C28H36F2O2. The summed E-state index contributed by atoms with van der Waals surface area (Å²) in [5.74, 6) is 0.332. The summed E-state index contributed by atoms with van der Waals surface area (Å²) in [7, 11) is 1.13. The van der Waals surface area contributed by atoms with Crippen molar-refractivity contribution in [3.8, 4) is 0 Å². The van der Waals surface area contributed by atoms with Crippen molar-refractivity contribution >= 4 is 16.7 Å². The van der Waals surface area contributed by atoms with Crippen molar-refractivity contribution in [3.05, 3.63) is 47.0 Å². The molecule has 2 aliphatic rings. The van der Waals surface area contributed by atoms with E-state index in [9.17, 15) is 13.6 Å². The Morgan fingerprint density at radius 1 is 1.00 bits per heavy atom. The molecule has 2 aromatic carbocycles. The first-order chi connectivity index (χ1) is 15.5. The SMILES string of the molecule is CCCCCCC1CC[C@@H]2CC(c3ccc4c(F)c(C(=O)OC)c(F)cc4c3)CC[C@H]2C1. The van der Waals surface area contributed by atoms with Gasteiger partial charge in [0.1, 0.15) is 17.2 Å². The summed E-state index contributed by atoms with van der Waals surface area (Å²) >= 11 is 0. The molecule has 2 aromatic rings.